The van der Waals surface area contributed by atoms with E-state index >= 15 is 0 Å². The molecule has 1 unspecified atom stereocenters. The van der Waals surface area contributed by atoms with Crippen molar-refractivity contribution in [3.63, 3.8) is 0 Å². The van der Waals surface area contributed by atoms with E-state index in [0.717, 1.165) is 0 Å². The van der Waals surface area contributed by atoms with E-state index in [1.165, 1.54) is 6.07 Å². The molecule has 0 radical (unpaired) electrons. The van der Waals surface area contributed by atoms with Gasteiger partial charge in [-0.3, -0.25) is 9.59 Å². The first-order chi connectivity index (χ1) is 9.42. The number of rotatable bonds is 5. The van der Waals surface area contributed by atoms with Crippen LogP contribution in [-0.2, 0) is 4.79 Å². The van der Waals surface area contributed by atoms with Gasteiger partial charge in [0.15, 0.2) is 0 Å². The Morgan fingerprint density at radius 3 is 2.45 bits per heavy atom. The first-order valence-corrected chi connectivity index (χ1v) is 6.80. The summed E-state index contributed by atoms with van der Waals surface area (Å²) >= 11 is 0. The lowest BCUT2D eigenvalue weighted by atomic mass is 10.1. The number of aromatic hydroxyl groups is 1. The van der Waals surface area contributed by atoms with Gasteiger partial charge >= 0.3 is 0 Å². The number of hydrogen-bond acceptors (Lipinski definition) is 3. The minimum absolute atomic E-state index is 0.0486. The average molecular weight is 278 g/mol. The molecule has 20 heavy (non-hydrogen) atoms. The molecule has 2 N–H and O–H groups in total. The molecule has 0 spiro atoms. The summed E-state index contributed by atoms with van der Waals surface area (Å²) in [6, 6.07) is 4.33. The highest BCUT2D eigenvalue weighted by Crippen LogP contribution is 2.21. The second kappa shape index (κ2) is 6.93. The summed E-state index contributed by atoms with van der Waals surface area (Å²) in [5.41, 5.74) is 0.810. The Hall–Kier alpha value is -2.04. The summed E-state index contributed by atoms with van der Waals surface area (Å²) < 4.78 is 0. The molecule has 0 aliphatic rings. The number of phenols is 1. The van der Waals surface area contributed by atoms with E-state index in [9.17, 15) is 14.7 Å². The predicted molar refractivity (Wildman–Crippen MR) is 77.7 cm³/mol. The normalized spacial score (nSPS) is 11.8. The van der Waals surface area contributed by atoms with Crippen LogP contribution in [0.4, 0.5) is 0 Å². The first kappa shape index (κ1) is 16.0. The third kappa shape index (κ3) is 3.50. The fraction of sp³-hybridized carbons (Fsp3) is 0.467. The molecule has 0 saturated heterocycles. The topological polar surface area (TPSA) is 69.6 Å². The van der Waals surface area contributed by atoms with Crippen LogP contribution in [-0.4, -0.2) is 41.0 Å². The van der Waals surface area contributed by atoms with Crippen molar-refractivity contribution in [1.82, 2.24) is 10.2 Å². The molecule has 0 fully saturated rings. The second-order valence-corrected chi connectivity index (χ2v) is 4.68. The fourth-order valence-corrected chi connectivity index (χ4v) is 1.99. The summed E-state index contributed by atoms with van der Waals surface area (Å²) in [5.74, 6) is -0.623. The number of phenolic OH excluding ortho intramolecular Hbond substituents is 1. The Kier molecular flexibility index (Phi) is 5.55. The molecular weight excluding hydrogens is 256 g/mol. The lowest BCUT2D eigenvalue weighted by molar-refractivity contribution is -0.132. The number of carbonyl (C=O) groups is 2. The Morgan fingerprint density at radius 2 is 1.90 bits per heavy atom. The van der Waals surface area contributed by atoms with Crippen LogP contribution in [0.2, 0.25) is 0 Å². The number of amides is 2. The molecule has 0 aromatic heterocycles. The largest absolute Gasteiger partial charge is 0.507 e. The van der Waals surface area contributed by atoms with E-state index in [2.05, 4.69) is 5.32 Å². The third-order valence-corrected chi connectivity index (χ3v) is 3.28. The molecule has 1 aromatic carbocycles. The monoisotopic (exact) mass is 278 g/mol. The maximum Gasteiger partial charge on any atom is 0.255 e. The molecule has 2 amide bonds. The Labute approximate surface area is 119 Å². The minimum Gasteiger partial charge on any atom is -0.507 e. The van der Waals surface area contributed by atoms with Gasteiger partial charge in [0, 0.05) is 13.1 Å². The quantitative estimate of drug-likeness (QED) is 0.861. The van der Waals surface area contributed by atoms with Crippen LogP contribution in [0, 0.1) is 6.92 Å². The van der Waals surface area contributed by atoms with Gasteiger partial charge in [0.1, 0.15) is 11.8 Å². The zero-order valence-electron chi connectivity index (χ0n) is 12.4. The summed E-state index contributed by atoms with van der Waals surface area (Å²) in [4.78, 5) is 25.8. The molecular formula is C15H22N2O3. The molecule has 0 saturated carbocycles. The molecule has 110 valence electrons. The molecule has 1 rings (SSSR count). The Morgan fingerprint density at radius 1 is 1.30 bits per heavy atom. The van der Waals surface area contributed by atoms with Crippen molar-refractivity contribution in [2.24, 2.45) is 0 Å². The van der Waals surface area contributed by atoms with Crippen molar-refractivity contribution < 1.29 is 14.7 Å². The van der Waals surface area contributed by atoms with E-state index in [-0.39, 0.29) is 17.2 Å². The highest BCUT2D eigenvalue weighted by atomic mass is 16.3. The first-order valence-electron chi connectivity index (χ1n) is 6.80. The number of benzene rings is 1. The van der Waals surface area contributed by atoms with Crippen molar-refractivity contribution in [2.45, 2.75) is 33.7 Å². The van der Waals surface area contributed by atoms with Crippen LogP contribution in [0.1, 0.15) is 36.7 Å². The van der Waals surface area contributed by atoms with E-state index in [0.29, 0.717) is 18.7 Å². The SMILES string of the molecule is CCN(CC)C(=O)C(C)NC(=O)c1cccc(C)c1O. The minimum atomic E-state index is -0.623. The van der Waals surface area contributed by atoms with Crippen molar-refractivity contribution in [3.8, 4) is 5.75 Å². The molecule has 5 nitrogen and oxygen atoms in total. The van der Waals surface area contributed by atoms with Gasteiger partial charge in [-0.05, 0) is 39.3 Å². The highest BCUT2D eigenvalue weighted by molar-refractivity contribution is 5.99. The summed E-state index contributed by atoms with van der Waals surface area (Å²) in [5, 5.41) is 12.5. The maximum atomic E-state index is 12.1. The number of aryl methyl sites for hydroxylation is 1. The molecule has 1 aromatic rings. The average Bonchev–Trinajstić information content (AvgIpc) is 2.42. The van der Waals surface area contributed by atoms with Gasteiger partial charge in [0.2, 0.25) is 5.91 Å². The highest BCUT2D eigenvalue weighted by Gasteiger charge is 2.22. The lowest BCUT2D eigenvalue weighted by Gasteiger charge is -2.23. The van der Waals surface area contributed by atoms with Gasteiger partial charge < -0.3 is 15.3 Å². The molecule has 1 atom stereocenters. The van der Waals surface area contributed by atoms with E-state index in [1.54, 1.807) is 30.9 Å². The molecule has 0 aliphatic carbocycles. The van der Waals surface area contributed by atoms with Crippen molar-refractivity contribution in [1.29, 1.82) is 0 Å². The van der Waals surface area contributed by atoms with Crippen LogP contribution in [0.3, 0.4) is 0 Å². The maximum absolute atomic E-state index is 12.1. The van der Waals surface area contributed by atoms with Gasteiger partial charge in [-0.25, -0.2) is 0 Å². The number of nitrogens with zero attached hydrogens (tertiary/aromatic N) is 1. The Bertz CT molecular complexity index is 496. The van der Waals surface area contributed by atoms with Crippen molar-refractivity contribution in [3.05, 3.63) is 29.3 Å². The van der Waals surface area contributed by atoms with Crippen molar-refractivity contribution >= 4 is 11.8 Å². The molecule has 0 aliphatic heterocycles. The second-order valence-electron chi connectivity index (χ2n) is 4.68. The number of carbonyl (C=O) groups excluding carboxylic acids is 2. The Balaban J connectivity index is 2.80. The van der Waals surface area contributed by atoms with E-state index in [4.69, 9.17) is 0 Å². The standard InChI is InChI=1S/C15H22N2O3/c1-5-17(6-2)15(20)11(4)16-14(19)12-9-7-8-10(3)13(12)18/h7-9,11,18H,5-6H2,1-4H3,(H,16,19). The van der Waals surface area contributed by atoms with Crippen LogP contribution in [0.25, 0.3) is 0 Å². The molecule has 5 heteroatoms. The fourth-order valence-electron chi connectivity index (χ4n) is 1.99. The third-order valence-electron chi connectivity index (χ3n) is 3.28. The van der Waals surface area contributed by atoms with Gasteiger partial charge in [0.25, 0.3) is 5.91 Å². The van der Waals surface area contributed by atoms with Gasteiger partial charge in [-0.1, -0.05) is 12.1 Å². The van der Waals surface area contributed by atoms with Crippen LogP contribution in [0.15, 0.2) is 18.2 Å². The number of likely N-dealkylation sites (N-methyl/N-ethyl adjacent to an activating group) is 1. The lowest BCUT2D eigenvalue weighted by Crippen LogP contribution is -2.46. The smallest absolute Gasteiger partial charge is 0.255 e. The zero-order chi connectivity index (χ0) is 15.3. The number of nitrogens with one attached hydrogen (secondary N) is 1. The van der Waals surface area contributed by atoms with Gasteiger partial charge in [-0.2, -0.15) is 0 Å². The summed E-state index contributed by atoms with van der Waals surface area (Å²) in [6.45, 7) is 8.35. The van der Waals surface area contributed by atoms with Gasteiger partial charge in [-0.15, -0.1) is 0 Å². The number of para-hydroxylation sites is 1. The van der Waals surface area contributed by atoms with Crippen molar-refractivity contribution in [2.75, 3.05) is 13.1 Å². The predicted octanol–water partition coefficient (Wildman–Crippen LogP) is 1.69. The van der Waals surface area contributed by atoms with E-state index in [1.807, 2.05) is 13.8 Å². The summed E-state index contributed by atoms with van der Waals surface area (Å²) in [6.07, 6.45) is 0. The van der Waals surface area contributed by atoms with Crippen LogP contribution in [0.5, 0.6) is 5.75 Å². The van der Waals surface area contributed by atoms with Crippen LogP contribution >= 0.6 is 0 Å². The zero-order valence-corrected chi connectivity index (χ0v) is 12.4. The summed E-state index contributed by atoms with van der Waals surface area (Å²) in [7, 11) is 0. The van der Waals surface area contributed by atoms with E-state index < -0.39 is 11.9 Å². The van der Waals surface area contributed by atoms with Crippen LogP contribution < -0.4 is 5.32 Å². The van der Waals surface area contributed by atoms with Gasteiger partial charge in [0.05, 0.1) is 5.56 Å². The molecule has 0 heterocycles. The number of hydrogen-bond donors (Lipinski definition) is 2. The molecule has 0 bridgehead atoms.